The molecule has 3 rings (SSSR count). The van der Waals surface area contributed by atoms with Crippen LogP contribution in [-0.4, -0.2) is 63.3 Å². The Labute approximate surface area is 187 Å². The maximum Gasteiger partial charge on any atom is 0.315 e. The number of amides is 2. The highest BCUT2D eigenvalue weighted by molar-refractivity contribution is 5.74. The van der Waals surface area contributed by atoms with Crippen molar-refractivity contribution in [2.24, 2.45) is 0 Å². The van der Waals surface area contributed by atoms with Gasteiger partial charge in [0.1, 0.15) is 0 Å². The molecule has 6 nitrogen and oxygen atoms in total. The van der Waals surface area contributed by atoms with Crippen molar-refractivity contribution < 1.29 is 4.79 Å². The fourth-order valence-corrected chi connectivity index (χ4v) is 3.96. The Kier molecular flexibility index (Phi) is 7.44. The van der Waals surface area contributed by atoms with Crippen LogP contribution in [0.2, 0.25) is 0 Å². The first-order valence-corrected chi connectivity index (χ1v) is 11.1. The normalized spacial score (nSPS) is 16.0. The number of rotatable bonds is 6. The summed E-state index contributed by atoms with van der Waals surface area (Å²) in [6.45, 7) is 10.4. The highest BCUT2D eigenvalue weighted by Crippen LogP contribution is 2.25. The Morgan fingerprint density at radius 3 is 2.13 bits per heavy atom. The summed E-state index contributed by atoms with van der Waals surface area (Å²) in [5.74, 6) is 0. The van der Waals surface area contributed by atoms with Crippen LogP contribution in [0.1, 0.15) is 32.4 Å². The molecular formula is C25H37N5O. The van der Waals surface area contributed by atoms with Gasteiger partial charge in [0.05, 0.1) is 6.04 Å². The predicted molar refractivity (Wildman–Crippen MR) is 130 cm³/mol. The zero-order valence-corrected chi connectivity index (χ0v) is 19.6. The molecule has 0 spiro atoms. The van der Waals surface area contributed by atoms with Gasteiger partial charge < -0.3 is 20.4 Å². The minimum atomic E-state index is -0.256. The number of urea groups is 1. The SMILES string of the molecule is CN(C)c1ccc(C(CNC(=O)NC(C)(C)C)N2CCN(c3ccccc3)CC2)cc1. The van der Waals surface area contributed by atoms with E-state index in [1.165, 1.54) is 16.9 Å². The van der Waals surface area contributed by atoms with Gasteiger partial charge in [-0.3, -0.25) is 4.90 Å². The quantitative estimate of drug-likeness (QED) is 0.744. The summed E-state index contributed by atoms with van der Waals surface area (Å²) < 4.78 is 0. The zero-order valence-electron chi connectivity index (χ0n) is 19.6. The van der Waals surface area contributed by atoms with Gasteiger partial charge in [0, 0.05) is 63.7 Å². The van der Waals surface area contributed by atoms with E-state index in [9.17, 15) is 4.79 Å². The fraction of sp³-hybridized carbons (Fsp3) is 0.480. The lowest BCUT2D eigenvalue weighted by Gasteiger charge is -2.40. The van der Waals surface area contributed by atoms with Gasteiger partial charge in [-0.1, -0.05) is 30.3 Å². The lowest BCUT2D eigenvalue weighted by Crippen LogP contribution is -2.52. The molecule has 1 atom stereocenters. The van der Waals surface area contributed by atoms with E-state index in [4.69, 9.17) is 0 Å². The van der Waals surface area contributed by atoms with E-state index in [0.717, 1.165) is 26.2 Å². The minimum absolute atomic E-state index is 0.120. The molecule has 0 bridgehead atoms. The maximum atomic E-state index is 12.4. The average Bonchev–Trinajstić information content (AvgIpc) is 2.74. The highest BCUT2D eigenvalue weighted by atomic mass is 16.2. The lowest BCUT2D eigenvalue weighted by molar-refractivity contribution is 0.179. The monoisotopic (exact) mass is 423 g/mol. The third-order valence-electron chi connectivity index (χ3n) is 5.62. The van der Waals surface area contributed by atoms with Crippen molar-refractivity contribution in [2.75, 3.05) is 56.6 Å². The molecule has 0 saturated carbocycles. The molecule has 2 aromatic carbocycles. The number of anilines is 2. The van der Waals surface area contributed by atoms with E-state index in [0.29, 0.717) is 6.54 Å². The first-order chi connectivity index (χ1) is 14.7. The van der Waals surface area contributed by atoms with Crippen LogP contribution in [0, 0.1) is 0 Å². The number of benzene rings is 2. The van der Waals surface area contributed by atoms with Crippen LogP contribution in [0.15, 0.2) is 54.6 Å². The predicted octanol–water partition coefficient (Wildman–Crippen LogP) is 3.71. The van der Waals surface area contributed by atoms with Crippen LogP contribution in [0.25, 0.3) is 0 Å². The van der Waals surface area contributed by atoms with Gasteiger partial charge >= 0.3 is 6.03 Å². The van der Waals surface area contributed by atoms with Crippen LogP contribution in [-0.2, 0) is 0 Å². The second-order valence-electron chi connectivity index (χ2n) is 9.45. The topological polar surface area (TPSA) is 50.9 Å². The number of carbonyl (C=O) groups is 1. The van der Waals surface area contributed by atoms with Crippen molar-refractivity contribution in [2.45, 2.75) is 32.4 Å². The average molecular weight is 424 g/mol. The van der Waals surface area contributed by atoms with E-state index in [1.54, 1.807) is 0 Å². The van der Waals surface area contributed by atoms with Gasteiger partial charge in [0.15, 0.2) is 0 Å². The summed E-state index contributed by atoms with van der Waals surface area (Å²) in [6.07, 6.45) is 0. The molecule has 1 saturated heterocycles. The van der Waals surface area contributed by atoms with Crippen LogP contribution in [0.4, 0.5) is 16.2 Å². The van der Waals surface area contributed by atoms with Gasteiger partial charge in [0.25, 0.3) is 0 Å². The number of nitrogens with zero attached hydrogens (tertiary/aromatic N) is 3. The van der Waals surface area contributed by atoms with Crippen molar-refractivity contribution in [3.8, 4) is 0 Å². The molecule has 1 aliphatic heterocycles. The van der Waals surface area contributed by atoms with Gasteiger partial charge in [-0.25, -0.2) is 4.79 Å². The second-order valence-corrected chi connectivity index (χ2v) is 9.45. The van der Waals surface area contributed by atoms with Crippen LogP contribution >= 0.6 is 0 Å². The number of piperazine rings is 1. The van der Waals surface area contributed by atoms with E-state index >= 15 is 0 Å². The Bertz CT molecular complexity index is 821. The number of nitrogens with one attached hydrogen (secondary N) is 2. The zero-order chi connectivity index (χ0) is 22.4. The Morgan fingerprint density at radius 1 is 0.968 bits per heavy atom. The number of para-hydroxylation sites is 1. The van der Waals surface area contributed by atoms with Gasteiger partial charge in [-0.2, -0.15) is 0 Å². The van der Waals surface area contributed by atoms with Crippen molar-refractivity contribution in [1.82, 2.24) is 15.5 Å². The second kappa shape index (κ2) is 10.1. The van der Waals surface area contributed by atoms with Crippen LogP contribution in [0.3, 0.4) is 0 Å². The molecule has 1 unspecified atom stereocenters. The van der Waals surface area contributed by atoms with Crippen molar-refractivity contribution in [1.29, 1.82) is 0 Å². The molecule has 2 amide bonds. The number of hydrogen-bond donors (Lipinski definition) is 2. The van der Waals surface area contributed by atoms with E-state index in [1.807, 2.05) is 34.9 Å². The summed E-state index contributed by atoms with van der Waals surface area (Å²) in [6, 6.07) is 19.3. The van der Waals surface area contributed by atoms with Gasteiger partial charge in [-0.05, 0) is 50.6 Å². The molecule has 168 valence electrons. The molecule has 0 aromatic heterocycles. The number of hydrogen-bond acceptors (Lipinski definition) is 4. The lowest BCUT2D eigenvalue weighted by atomic mass is 10.0. The first kappa shape index (κ1) is 22.9. The third kappa shape index (κ3) is 6.62. The third-order valence-corrected chi connectivity index (χ3v) is 5.62. The first-order valence-electron chi connectivity index (χ1n) is 11.1. The van der Waals surface area contributed by atoms with E-state index < -0.39 is 0 Å². The molecular weight excluding hydrogens is 386 g/mol. The standard InChI is InChI=1S/C25H37N5O/c1-25(2,3)27-24(31)26-19-23(20-11-13-21(14-12-20)28(4)5)30-17-15-29(16-18-30)22-9-7-6-8-10-22/h6-14,23H,15-19H2,1-5H3,(H2,26,27,31). The number of carbonyl (C=O) groups excluding carboxylic acids is 1. The Morgan fingerprint density at radius 2 is 1.58 bits per heavy atom. The van der Waals surface area contributed by atoms with E-state index in [2.05, 4.69) is 79.9 Å². The van der Waals surface area contributed by atoms with Gasteiger partial charge in [-0.15, -0.1) is 0 Å². The maximum absolute atomic E-state index is 12.4. The molecule has 2 aromatic rings. The summed E-state index contributed by atoms with van der Waals surface area (Å²) in [4.78, 5) is 19.4. The van der Waals surface area contributed by atoms with Gasteiger partial charge in [0.2, 0.25) is 0 Å². The molecule has 1 aliphatic rings. The molecule has 0 radical (unpaired) electrons. The highest BCUT2D eigenvalue weighted by Gasteiger charge is 2.26. The van der Waals surface area contributed by atoms with Crippen molar-refractivity contribution in [3.63, 3.8) is 0 Å². The Hall–Kier alpha value is -2.73. The molecule has 2 N–H and O–H groups in total. The molecule has 31 heavy (non-hydrogen) atoms. The summed E-state index contributed by atoms with van der Waals surface area (Å²) in [7, 11) is 4.10. The molecule has 1 heterocycles. The molecule has 0 aliphatic carbocycles. The van der Waals surface area contributed by atoms with Crippen molar-refractivity contribution in [3.05, 3.63) is 60.2 Å². The summed E-state index contributed by atoms with van der Waals surface area (Å²) in [5.41, 5.74) is 3.43. The fourth-order valence-electron chi connectivity index (χ4n) is 3.96. The summed E-state index contributed by atoms with van der Waals surface area (Å²) >= 11 is 0. The molecule has 6 heteroatoms. The van der Waals surface area contributed by atoms with Crippen molar-refractivity contribution >= 4 is 17.4 Å². The largest absolute Gasteiger partial charge is 0.378 e. The minimum Gasteiger partial charge on any atom is -0.378 e. The van der Waals surface area contributed by atoms with E-state index in [-0.39, 0.29) is 17.6 Å². The van der Waals surface area contributed by atoms with Crippen LogP contribution < -0.4 is 20.4 Å². The smallest absolute Gasteiger partial charge is 0.315 e. The van der Waals surface area contributed by atoms with Crippen LogP contribution in [0.5, 0.6) is 0 Å². The summed E-state index contributed by atoms with van der Waals surface area (Å²) in [5, 5.41) is 6.10. The Balaban J connectivity index is 1.70. The molecule has 1 fully saturated rings.